The molecule has 0 amide bonds. The lowest BCUT2D eigenvalue weighted by Gasteiger charge is -2.06. The molecule has 2 aromatic carbocycles. The van der Waals surface area contributed by atoms with Crippen molar-refractivity contribution in [1.82, 2.24) is 9.97 Å². The van der Waals surface area contributed by atoms with E-state index in [-0.39, 0.29) is 0 Å². The second-order valence-electron chi connectivity index (χ2n) is 5.49. The lowest BCUT2D eigenvalue weighted by Crippen LogP contribution is -2.13. The molecule has 7 heteroatoms. The van der Waals surface area contributed by atoms with Crippen molar-refractivity contribution in [3.8, 4) is 0 Å². The van der Waals surface area contributed by atoms with Gasteiger partial charge in [0.15, 0.2) is 10.3 Å². The van der Waals surface area contributed by atoms with E-state index in [2.05, 4.69) is 40.7 Å². The van der Waals surface area contributed by atoms with Crippen molar-refractivity contribution in [3.63, 3.8) is 0 Å². The Morgan fingerprint density at radius 3 is 2.50 bits per heavy atom. The first-order chi connectivity index (χ1) is 11.7. The summed E-state index contributed by atoms with van der Waals surface area (Å²) in [5.74, 6) is 0. The number of thiazole rings is 2. The molecule has 0 atom stereocenters. The SMILES string of the molecule is Cc1c2nc(N)sc2cc2sc(NCCNc3ccccc3)nc12. The molecule has 0 fully saturated rings. The highest BCUT2D eigenvalue weighted by Crippen LogP contribution is 2.36. The van der Waals surface area contributed by atoms with Gasteiger partial charge in [0.2, 0.25) is 0 Å². The Balaban J connectivity index is 1.48. The van der Waals surface area contributed by atoms with Crippen molar-refractivity contribution in [1.29, 1.82) is 0 Å². The van der Waals surface area contributed by atoms with Gasteiger partial charge in [-0.2, -0.15) is 0 Å². The predicted molar refractivity (Wildman–Crippen MR) is 105 cm³/mol. The quantitative estimate of drug-likeness (QED) is 0.465. The Labute approximate surface area is 147 Å². The van der Waals surface area contributed by atoms with Gasteiger partial charge in [-0.15, -0.1) is 0 Å². The summed E-state index contributed by atoms with van der Waals surface area (Å²) < 4.78 is 2.29. The number of nitrogens with zero attached hydrogens (tertiary/aromatic N) is 2. The van der Waals surface area contributed by atoms with Gasteiger partial charge in [0.05, 0.1) is 20.4 Å². The molecule has 0 aliphatic carbocycles. The number of nitrogens with one attached hydrogen (secondary N) is 2. The summed E-state index contributed by atoms with van der Waals surface area (Å²) in [5, 5.41) is 8.32. The number of hydrogen-bond acceptors (Lipinski definition) is 7. The van der Waals surface area contributed by atoms with E-state index in [1.54, 1.807) is 11.3 Å². The topological polar surface area (TPSA) is 75.9 Å². The fourth-order valence-electron chi connectivity index (χ4n) is 2.65. The summed E-state index contributed by atoms with van der Waals surface area (Å²) in [4.78, 5) is 9.13. The first kappa shape index (κ1) is 15.2. The maximum atomic E-state index is 5.82. The molecule has 0 unspecified atom stereocenters. The van der Waals surface area contributed by atoms with Crippen LogP contribution in [-0.2, 0) is 0 Å². The second-order valence-corrected chi connectivity index (χ2v) is 7.58. The number of anilines is 3. The number of benzene rings is 2. The van der Waals surface area contributed by atoms with Crippen LogP contribution in [0.15, 0.2) is 36.4 Å². The van der Waals surface area contributed by atoms with Gasteiger partial charge in [-0.25, -0.2) is 9.97 Å². The molecule has 0 saturated carbocycles. The number of nitrogen functional groups attached to an aromatic ring is 1. The van der Waals surface area contributed by atoms with Crippen LogP contribution in [0, 0.1) is 6.92 Å². The van der Waals surface area contributed by atoms with E-state index < -0.39 is 0 Å². The van der Waals surface area contributed by atoms with E-state index in [4.69, 9.17) is 10.7 Å². The molecule has 4 rings (SSSR count). The van der Waals surface area contributed by atoms with Crippen LogP contribution in [0.2, 0.25) is 0 Å². The first-order valence-corrected chi connectivity index (χ1v) is 9.33. The zero-order chi connectivity index (χ0) is 16.5. The summed E-state index contributed by atoms with van der Waals surface area (Å²) in [5.41, 5.74) is 10.0. The number of aromatic nitrogens is 2. The monoisotopic (exact) mass is 355 g/mol. The zero-order valence-corrected chi connectivity index (χ0v) is 14.8. The van der Waals surface area contributed by atoms with Crippen molar-refractivity contribution in [2.45, 2.75) is 6.92 Å². The predicted octanol–water partition coefficient (Wildman–Crippen LogP) is 4.32. The number of rotatable bonds is 5. The minimum Gasteiger partial charge on any atom is -0.383 e. The van der Waals surface area contributed by atoms with Gasteiger partial charge in [0, 0.05) is 24.3 Å². The normalized spacial score (nSPS) is 11.2. The minimum absolute atomic E-state index is 0.607. The molecule has 24 heavy (non-hydrogen) atoms. The van der Waals surface area contributed by atoms with E-state index in [0.29, 0.717) is 5.13 Å². The molecular weight excluding hydrogens is 338 g/mol. The van der Waals surface area contributed by atoms with Crippen molar-refractivity contribution >= 4 is 59.1 Å². The average molecular weight is 355 g/mol. The number of aryl methyl sites for hydroxylation is 1. The highest BCUT2D eigenvalue weighted by Gasteiger charge is 2.12. The largest absolute Gasteiger partial charge is 0.383 e. The fraction of sp³-hybridized carbons (Fsp3) is 0.176. The molecule has 0 aliphatic rings. The molecule has 0 aliphatic heterocycles. The molecule has 2 heterocycles. The molecule has 2 aromatic heterocycles. The first-order valence-electron chi connectivity index (χ1n) is 7.69. The standard InChI is InChI=1S/C17H17N5S2/c1-10-14-12(23-16(18)21-14)9-13-15(10)22-17(24-13)20-8-7-19-11-5-3-2-4-6-11/h2-6,9,19H,7-8H2,1H3,(H2,18,21)(H,20,22). The van der Waals surface area contributed by atoms with Crippen LogP contribution in [0.3, 0.4) is 0 Å². The van der Waals surface area contributed by atoms with Crippen molar-refractivity contribution < 1.29 is 0 Å². The number of fused-ring (bicyclic) bond motifs is 2. The van der Waals surface area contributed by atoms with Gasteiger partial charge < -0.3 is 16.4 Å². The molecule has 4 N–H and O–H groups in total. The van der Waals surface area contributed by atoms with Gasteiger partial charge in [-0.3, -0.25) is 0 Å². The Hall–Kier alpha value is -2.38. The third kappa shape index (κ3) is 2.88. The lowest BCUT2D eigenvalue weighted by atomic mass is 10.2. The maximum Gasteiger partial charge on any atom is 0.183 e. The van der Waals surface area contributed by atoms with E-state index in [9.17, 15) is 0 Å². The smallest absolute Gasteiger partial charge is 0.183 e. The molecule has 0 radical (unpaired) electrons. The van der Waals surface area contributed by atoms with Gasteiger partial charge in [-0.05, 0) is 25.1 Å². The van der Waals surface area contributed by atoms with E-state index >= 15 is 0 Å². The summed E-state index contributed by atoms with van der Waals surface area (Å²) in [6, 6.07) is 12.3. The van der Waals surface area contributed by atoms with E-state index in [1.807, 2.05) is 18.2 Å². The summed E-state index contributed by atoms with van der Waals surface area (Å²) >= 11 is 3.19. The summed E-state index contributed by atoms with van der Waals surface area (Å²) in [7, 11) is 0. The molecule has 5 nitrogen and oxygen atoms in total. The van der Waals surface area contributed by atoms with Gasteiger partial charge in [0.25, 0.3) is 0 Å². The van der Waals surface area contributed by atoms with Crippen LogP contribution in [0.4, 0.5) is 16.0 Å². The average Bonchev–Trinajstić information content (AvgIpc) is 3.16. The van der Waals surface area contributed by atoms with Crippen molar-refractivity contribution in [3.05, 3.63) is 42.0 Å². The second kappa shape index (κ2) is 6.26. The van der Waals surface area contributed by atoms with Crippen molar-refractivity contribution in [2.75, 3.05) is 29.5 Å². The van der Waals surface area contributed by atoms with Gasteiger partial charge >= 0.3 is 0 Å². The molecule has 4 aromatic rings. The molecule has 0 spiro atoms. The minimum atomic E-state index is 0.607. The van der Waals surface area contributed by atoms with Crippen LogP contribution in [0.25, 0.3) is 20.4 Å². The molecular formula is C17H17N5S2. The van der Waals surface area contributed by atoms with E-state index in [1.165, 1.54) is 16.0 Å². The van der Waals surface area contributed by atoms with Gasteiger partial charge in [-0.1, -0.05) is 40.9 Å². The third-order valence-corrected chi connectivity index (χ3v) is 5.59. The number of para-hydroxylation sites is 1. The molecule has 0 bridgehead atoms. The number of hydrogen-bond donors (Lipinski definition) is 3. The third-order valence-electron chi connectivity index (χ3n) is 3.80. The van der Waals surface area contributed by atoms with Crippen molar-refractivity contribution in [2.24, 2.45) is 0 Å². The maximum absolute atomic E-state index is 5.82. The van der Waals surface area contributed by atoms with Gasteiger partial charge in [0.1, 0.15) is 0 Å². The highest BCUT2D eigenvalue weighted by atomic mass is 32.1. The Morgan fingerprint density at radius 1 is 0.958 bits per heavy atom. The Bertz CT molecular complexity index is 990. The molecule has 122 valence electrons. The van der Waals surface area contributed by atoms with Crippen LogP contribution in [0.1, 0.15) is 5.56 Å². The van der Waals surface area contributed by atoms with Crippen LogP contribution in [0.5, 0.6) is 0 Å². The van der Waals surface area contributed by atoms with Crippen LogP contribution >= 0.6 is 22.7 Å². The summed E-state index contributed by atoms with van der Waals surface area (Å²) in [6.45, 7) is 3.71. The highest BCUT2D eigenvalue weighted by molar-refractivity contribution is 7.24. The molecule has 0 saturated heterocycles. The summed E-state index contributed by atoms with van der Waals surface area (Å²) in [6.07, 6.45) is 0. The lowest BCUT2D eigenvalue weighted by molar-refractivity contribution is 1.07. The number of nitrogens with two attached hydrogens (primary N) is 1. The van der Waals surface area contributed by atoms with Crippen LogP contribution < -0.4 is 16.4 Å². The Morgan fingerprint density at radius 2 is 1.67 bits per heavy atom. The van der Waals surface area contributed by atoms with E-state index in [0.717, 1.165) is 45.2 Å². The fourth-order valence-corrected chi connectivity index (χ4v) is 4.55. The Kier molecular flexibility index (Phi) is 3.95. The zero-order valence-electron chi connectivity index (χ0n) is 13.2. The van der Waals surface area contributed by atoms with Crippen LogP contribution in [-0.4, -0.2) is 23.1 Å².